The molecule has 0 bridgehead atoms. The van der Waals surface area contributed by atoms with Gasteiger partial charge in [0.25, 0.3) is 0 Å². The van der Waals surface area contributed by atoms with E-state index in [1.54, 1.807) is 12.1 Å². The molecule has 0 unspecified atom stereocenters. The molecule has 12 heavy (non-hydrogen) atoms. The van der Waals surface area contributed by atoms with E-state index in [4.69, 9.17) is 11.6 Å². The van der Waals surface area contributed by atoms with Gasteiger partial charge in [0, 0.05) is 11.8 Å². The van der Waals surface area contributed by atoms with Crippen LogP contribution in [0.15, 0.2) is 18.3 Å². The molecule has 0 aromatic carbocycles. The van der Waals surface area contributed by atoms with Gasteiger partial charge in [-0.1, -0.05) is 25.4 Å². The van der Waals surface area contributed by atoms with Gasteiger partial charge < -0.3 is 0 Å². The third-order valence-corrected chi connectivity index (χ3v) is 1.36. The molecular weight excluding hydrogens is 174 g/mol. The van der Waals surface area contributed by atoms with Gasteiger partial charge in [0.2, 0.25) is 0 Å². The molecule has 0 amide bonds. The standard InChI is InChI=1S/C7H6ClNO.C2H6/c1-5(10)6-2-3-7(8)9-4-6;1-2/h2-4H,1H3;1-2H3. The van der Waals surface area contributed by atoms with Gasteiger partial charge in [0.1, 0.15) is 5.15 Å². The molecule has 0 N–H and O–H groups in total. The first-order valence-electron chi connectivity index (χ1n) is 3.82. The minimum atomic E-state index is 0.00386. The Morgan fingerprint density at radius 3 is 2.33 bits per heavy atom. The summed E-state index contributed by atoms with van der Waals surface area (Å²) in [6.45, 7) is 5.49. The number of ketones is 1. The number of nitrogens with zero attached hydrogens (tertiary/aromatic N) is 1. The van der Waals surface area contributed by atoms with Gasteiger partial charge in [-0.2, -0.15) is 0 Å². The quantitative estimate of drug-likeness (QED) is 0.498. The van der Waals surface area contributed by atoms with Gasteiger partial charge >= 0.3 is 0 Å². The van der Waals surface area contributed by atoms with Crippen molar-refractivity contribution in [1.82, 2.24) is 4.98 Å². The molecule has 1 heterocycles. The molecule has 0 aliphatic heterocycles. The van der Waals surface area contributed by atoms with Crippen molar-refractivity contribution in [3.63, 3.8) is 0 Å². The normalized spacial score (nSPS) is 8.33. The Kier molecular flexibility index (Phi) is 5.30. The summed E-state index contributed by atoms with van der Waals surface area (Å²) in [6, 6.07) is 3.25. The number of Topliss-reactive ketones (excluding diaryl/α,β-unsaturated/α-hetero) is 1. The van der Waals surface area contributed by atoms with Gasteiger partial charge in [-0.3, -0.25) is 4.79 Å². The minimum absolute atomic E-state index is 0.00386. The van der Waals surface area contributed by atoms with Crippen LogP contribution in [0.4, 0.5) is 0 Å². The van der Waals surface area contributed by atoms with E-state index in [1.807, 2.05) is 13.8 Å². The average Bonchev–Trinajstić information content (AvgIpc) is 2.09. The van der Waals surface area contributed by atoms with Gasteiger partial charge in [-0.25, -0.2) is 4.98 Å². The molecule has 0 aliphatic carbocycles. The summed E-state index contributed by atoms with van der Waals surface area (Å²) in [7, 11) is 0. The first kappa shape index (κ1) is 11.1. The molecule has 3 heteroatoms. The van der Waals surface area contributed by atoms with Crippen molar-refractivity contribution in [2.24, 2.45) is 0 Å². The molecule has 0 saturated heterocycles. The zero-order chi connectivity index (χ0) is 9.56. The van der Waals surface area contributed by atoms with E-state index < -0.39 is 0 Å². The number of aromatic nitrogens is 1. The Morgan fingerprint density at radius 2 is 2.00 bits per heavy atom. The molecular formula is C9H12ClNO. The summed E-state index contributed by atoms with van der Waals surface area (Å²) >= 11 is 5.49. The van der Waals surface area contributed by atoms with Gasteiger partial charge in [-0.15, -0.1) is 0 Å². The Bertz CT molecular complexity index is 243. The molecule has 0 atom stereocenters. The second-order valence-electron chi connectivity index (χ2n) is 1.93. The van der Waals surface area contributed by atoms with Gasteiger partial charge in [0.05, 0.1) is 0 Å². The van der Waals surface area contributed by atoms with Crippen LogP contribution in [0.1, 0.15) is 31.1 Å². The first-order chi connectivity index (χ1) is 5.70. The van der Waals surface area contributed by atoms with E-state index >= 15 is 0 Å². The number of hydrogen-bond acceptors (Lipinski definition) is 2. The highest BCUT2D eigenvalue weighted by atomic mass is 35.5. The van der Waals surface area contributed by atoms with E-state index in [0.717, 1.165) is 0 Å². The fourth-order valence-corrected chi connectivity index (χ4v) is 0.696. The van der Waals surface area contributed by atoms with Crippen LogP contribution < -0.4 is 0 Å². The van der Waals surface area contributed by atoms with Crippen molar-refractivity contribution in [2.45, 2.75) is 20.8 Å². The third kappa shape index (κ3) is 3.49. The second kappa shape index (κ2) is 5.72. The molecule has 0 saturated carbocycles. The van der Waals surface area contributed by atoms with E-state index in [1.165, 1.54) is 13.1 Å². The summed E-state index contributed by atoms with van der Waals surface area (Å²) in [5.74, 6) is 0.00386. The van der Waals surface area contributed by atoms with Crippen LogP contribution in [-0.2, 0) is 0 Å². The molecule has 1 aromatic rings. The summed E-state index contributed by atoms with van der Waals surface area (Å²) in [4.78, 5) is 14.4. The topological polar surface area (TPSA) is 30.0 Å². The lowest BCUT2D eigenvalue weighted by Crippen LogP contribution is -1.91. The molecule has 1 aromatic heterocycles. The fourth-order valence-electron chi connectivity index (χ4n) is 0.584. The lowest BCUT2D eigenvalue weighted by molar-refractivity contribution is 0.101. The van der Waals surface area contributed by atoms with E-state index in [2.05, 4.69) is 4.98 Å². The largest absolute Gasteiger partial charge is 0.294 e. The zero-order valence-corrected chi connectivity index (χ0v) is 8.22. The third-order valence-electron chi connectivity index (χ3n) is 1.13. The van der Waals surface area contributed by atoms with Crippen molar-refractivity contribution in [3.05, 3.63) is 29.0 Å². The lowest BCUT2D eigenvalue weighted by Gasteiger charge is -1.91. The van der Waals surface area contributed by atoms with Crippen molar-refractivity contribution in [2.75, 3.05) is 0 Å². The smallest absolute Gasteiger partial charge is 0.161 e. The number of hydrogen-bond donors (Lipinski definition) is 0. The molecule has 1 rings (SSSR count). The monoisotopic (exact) mass is 185 g/mol. The van der Waals surface area contributed by atoms with Crippen LogP contribution in [0.5, 0.6) is 0 Å². The summed E-state index contributed by atoms with van der Waals surface area (Å²) in [5.41, 5.74) is 0.587. The van der Waals surface area contributed by atoms with Crippen LogP contribution in [-0.4, -0.2) is 10.8 Å². The van der Waals surface area contributed by atoms with Crippen LogP contribution in [0.3, 0.4) is 0 Å². The molecule has 0 spiro atoms. The van der Waals surface area contributed by atoms with Crippen molar-refractivity contribution in [3.8, 4) is 0 Å². The van der Waals surface area contributed by atoms with Crippen LogP contribution in [0.25, 0.3) is 0 Å². The number of halogens is 1. The van der Waals surface area contributed by atoms with Crippen molar-refractivity contribution in [1.29, 1.82) is 0 Å². The van der Waals surface area contributed by atoms with E-state index in [0.29, 0.717) is 10.7 Å². The number of pyridine rings is 1. The highest BCUT2D eigenvalue weighted by Gasteiger charge is 1.96. The average molecular weight is 186 g/mol. The Morgan fingerprint density at radius 1 is 1.42 bits per heavy atom. The maximum absolute atomic E-state index is 10.7. The number of carbonyl (C=O) groups is 1. The van der Waals surface area contributed by atoms with Crippen molar-refractivity contribution < 1.29 is 4.79 Å². The summed E-state index contributed by atoms with van der Waals surface area (Å²) < 4.78 is 0. The maximum Gasteiger partial charge on any atom is 0.161 e. The maximum atomic E-state index is 10.7. The second-order valence-corrected chi connectivity index (χ2v) is 2.31. The number of carbonyl (C=O) groups excluding carboxylic acids is 1. The van der Waals surface area contributed by atoms with Crippen LogP contribution in [0.2, 0.25) is 5.15 Å². The predicted octanol–water partition coefficient (Wildman–Crippen LogP) is 2.96. The number of rotatable bonds is 1. The molecule has 0 radical (unpaired) electrons. The van der Waals surface area contributed by atoms with Gasteiger partial charge in [-0.05, 0) is 19.1 Å². The minimum Gasteiger partial charge on any atom is -0.294 e. The van der Waals surface area contributed by atoms with E-state index in [-0.39, 0.29) is 5.78 Å². The Hall–Kier alpha value is -0.890. The predicted molar refractivity (Wildman–Crippen MR) is 50.6 cm³/mol. The molecule has 2 nitrogen and oxygen atoms in total. The zero-order valence-electron chi connectivity index (χ0n) is 7.47. The highest BCUT2D eigenvalue weighted by molar-refractivity contribution is 6.29. The highest BCUT2D eigenvalue weighted by Crippen LogP contribution is 2.04. The Labute approximate surface area is 77.6 Å². The van der Waals surface area contributed by atoms with Crippen molar-refractivity contribution >= 4 is 17.4 Å². The Balaban J connectivity index is 0.000000561. The lowest BCUT2D eigenvalue weighted by atomic mass is 10.2. The molecule has 0 fully saturated rings. The molecule has 0 aliphatic rings. The van der Waals surface area contributed by atoms with Crippen LogP contribution >= 0.6 is 11.6 Å². The SMILES string of the molecule is CC.CC(=O)c1ccc(Cl)nc1. The summed E-state index contributed by atoms with van der Waals surface area (Å²) in [6.07, 6.45) is 1.46. The van der Waals surface area contributed by atoms with Gasteiger partial charge in [0.15, 0.2) is 5.78 Å². The van der Waals surface area contributed by atoms with E-state index in [9.17, 15) is 4.79 Å². The molecule has 66 valence electrons. The fraction of sp³-hybridized carbons (Fsp3) is 0.333. The first-order valence-corrected chi connectivity index (χ1v) is 4.20. The summed E-state index contributed by atoms with van der Waals surface area (Å²) in [5, 5.41) is 0.407. The van der Waals surface area contributed by atoms with Crippen LogP contribution in [0, 0.1) is 0 Å².